The first-order valence-corrected chi connectivity index (χ1v) is 6.56. The first-order chi connectivity index (χ1) is 9.85. The lowest BCUT2D eigenvalue weighted by atomic mass is 10.2. The summed E-state index contributed by atoms with van der Waals surface area (Å²) in [5.74, 6) is 0. The topological polar surface area (TPSA) is 73.5 Å². The maximum absolute atomic E-state index is 12.0. The number of hydrogen-bond donors (Lipinski definition) is 1. The Morgan fingerprint density at radius 3 is 2.71 bits per heavy atom. The van der Waals surface area contributed by atoms with Crippen molar-refractivity contribution in [2.24, 2.45) is 0 Å². The lowest BCUT2D eigenvalue weighted by Crippen LogP contribution is -2.32. The summed E-state index contributed by atoms with van der Waals surface area (Å²) in [6.45, 7) is 5.60. The van der Waals surface area contributed by atoms with Gasteiger partial charge in [0.1, 0.15) is 11.9 Å². The van der Waals surface area contributed by atoms with Gasteiger partial charge < -0.3 is 14.5 Å². The number of nitrogens with one attached hydrogen (secondary N) is 1. The number of carbonyl (C=O) groups excluding carboxylic acids is 1. The summed E-state index contributed by atoms with van der Waals surface area (Å²) in [7, 11) is 0. The number of ether oxygens (including phenoxy) is 1. The van der Waals surface area contributed by atoms with Crippen LogP contribution in [0.3, 0.4) is 0 Å². The third-order valence-electron chi connectivity index (χ3n) is 2.60. The lowest BCUT2D eigenvalue weighted by molar-refractivity contribution is 0.0523. The second-order valence-corrected chi connectivity index (χ2v) is 5.58. The number of aromatic nitrogens is 1. The number of alkyl carbamates (subject to hydrolysis) is 1. The quantitative estimate of drug-likeness (QED) is 0.942. The number of amides is 1. The van der Waals surface area contributed by atoms with Crippen molar-refractivity contribution in [1.29, 1.82) is 0 Å². The van der Waals surface area contributed by atoms with Gasteiger partial charge in [0.2, 0.25) is 0 Å². The van der Waals surface area contributed by atoms with E-state index in [0.29, 0.717) is 11.3 Å². The number of carbonyl (C=O) groups is 1. The van der Waals surface area contributed by atoms with Gasteiger partial charge in [0, 0.05) is 24.9 Å². The molecule has 0 aliphatic heterocycles. The van der Waals surface area contributed by atoms with Gasteiger partial charge in [-0.3, -0.25) is 9.36 Å². The number of rotatable bonds is 3. The van der Waals surface area contributed by atoms with Gasteiger partial charge in [-0.1, -0.05) is 0 Å². The maximum atomic E-state index is 12.0. The van der Waals surface area contributed by atoms with Gasteiger partial charge in [0.05, 0.1) is 12.0 Å². The van der Waals surface area contributed by atoms with E-state index in [4.69, 9.17) is 9.15 Å². The zero-order chi connectivity index (χ0) is 15.5. The summed E-state index contributed by atoms with van der Waals surface area (Å²) in [6, 6.07) is 4.91. The van der Waals surface area contributed by atoms with Gasteiger partial charge in [-0.25, -0.2) is 4.79 Å². The molecule has 2 heterocycles. The maximum Gasteiger partial charge on any atom is 0.407 e. The largest absolute Gasteiger partial charge is 0.470 e. The van der Waals surface area contributed by atoms with Gasteiger partial charge in [0.25, 0.3) is 5.56 Å². The van der Waals surface area contributed by atoms with E-state index in [1.165, 1.54) is 23.2 Å². The van der Waals surface area contributed by atoms with Crippen molar-refractivity contribution in [2.75, 3.05) is 0 Å². The molecule has 6 nitrogen and oxygen atoms in total. The molecule has 0 atom stereocenters. The molecule has 0 spiro atoms. The molecule has 0 aliphatic carbocycles. The Bertz CT molecular complexity index is 666. The zero-order valence-electron chi connectivity index (χ0n) is 12.3. The summed E-state index contributed by atoms with van der Waals surface area (Å²) in [6.07, 6.45) is 4.11. The highest BCUT2D eigenvalue weighted by molar-refractivity contribution is 5.67. The van der Waals surface area contributed by atoms with Crippen molar-refractivity contribution in [1.82, 2.24) is 9.88 Å². The molecule has 2 rings (SSSR count). The van der Waals surface area contributed by atoms with Crippen LogP contribution in [0.15, 0.2) is 46.1 Å². The van der Waals surface area contributed by atoms with Crippen LogP contribution in [0.25, 0.3) is 5.69 Å². The van der Waals surface area contributed by atoms with E-state index in [1.807, 2.05) is 0 Å². The molecule has 2 aromatic rings. The van der Waals surface area contributed by atoms with Crippen molar-refractivity contribution in [3.63, 3.8) is 0 Å². The van der Waals surface area contributed by atoms with Gasteiger partial charge in [0.15, 0.2) is 0 Å². The van der Waals surface area contributed by atoms with E-state index >= 15 is 0 Å². The van der Waals surface area contributed by atoms with Crippen LogP contribution in [0.5, 0.6) is 0 Å². The summed E-state index contributed by atoms with van der Waals surface area (Å²) < 4.78 is 11.5. The highest BCUT2D eigenvalue weighted by atomic mass is 16.6. The number of hydrogen-bond acceptors (Lipinski definition) is 4. The Kier molecular flexibility index (Phi) is 4.16. The molecule has 0 aromatic carbocycles. The number of furan rings is 1. The Morgan fingerprint density at radius 1 is 1.38 bits per heavy atom. The first-order valence-electron chi connectivity index (χ1n) is 6.56. The fourth-order valence-corrected chi connectivity index (χ4v) is 1.73. The minimum atomic E-state index is -0.547. The van der Waals surface area contributed by atoms with Crippen molar-refractivity contribution in [3.8, 4) is 5.69 Å². The third kappa shape index (κ3) is 4.24. The Balaban J connectivity index is 2.01. The van der Waals surface area contributed by atoms with Crippen LogP contribution in [0.4, 0.5) is 4.79 Å². The van der Waals surface area contributed by atoms with Crippen LogP contribution in [0, 0.1) is 0 Å². The van der Waals surface area contributed by atoms with Crippen LogP contribution in [0.2, 0.25) is 0 Å². The molecule has 2 aromatic heterocycles. The van der Waals surface area contributed by atoms with E-state index in [1.54, 1.807) is 39.1 Å². The van der Waals surface area contributed by atoms with Crippen molar-refractivity contribution in [3.05, 3.63) is 52.8 Å². The molecule has 21 heavy (non-hydrogen) atoms. The Morgan fingerprint density at radius 2 is 2.14 bits per heavy atom. The predicted molar refractivity (Wildman–Crippen MR) is 77.4 cm³/mol. The minimum absolute atomic E-state index is 0.195. The molecule has 0 aliphatic rings. The van der Waals surface area contributed by atoms with Gasteiger partial charge in [-0.05, 0) is 32.4 Å². The van der Waals surface area contributed by atoms with E-state index in [-0.39, 0.29) is 12.1 Å². The summed E-state index contributed by atoms with van der Waals surface area (Å²) >= 11 is 0. The molecule has 0 fully saturated rings. The molecule has 0 unspecified atom stereocenters. The number of nitrogens with zero attached hydrogens (tertiary/aromatic N) is 1. The normalized spacial score (nSPS) is 11.2. The molecular formula is C15H18N2O4. The molecule has 1 amide bonds. The number of pyridine rings is 1. The fraction of sp³-hybridized carbons (Fsp3) is 0.333. The van der Waals surface area contributed by atoms with Crippen LogP contribution in [-0.2, 0) is 11.3 Å². The van der Waals surface area contributed by atoms with E-state index in [0.717, 1.165) is 0 Å². The lowest BCUT2D eigenvalue weighted by Gasteiger charge is -2.19. The molecule has 0 saturated carbocycles. The first kappa shape index (κ1) is 14.9. The summed E-state index contributed by atoms with van der Waals surface area (Å²) in [5, 5.41) is 2.61. The van der Waals surface area contributed by atoms with Gasteiger partial charge in [-0.15, -0.1) is 0 Å². The molecule has 0 radical (unpaired) electrons. The second-order valence-electron chi connectivity index (χ2n) is 5.58. The van der Waals surface area contributed by atoms with E-state index in [9.17, 15) is 9.59 Å². The smallest absolute Gasteiger partial charge is 0.407 e. The Hall–Kier alpha value is -2.50. The SMILES string of the molecule is CC(C)(C)OC(=O)NCc1ccn(-c2ccoc2)c(=O)c1. The predicted octanol–water partition coefficient (Wildman–Crippen LogP) is 2.46. The van der Waals surface area contributed by atoms with E-state index < -0.39 is 11.7 Å². The van der Waals surface area contributed by atoms with Crippen molar-refractivity contribution in [2.45, 2.75) is 32.9 Å². The molecule has 0 bridgehead atoms. The highest BCUT2D eigenvalue weighted by Crippen LogP contribution is 2.08. The van der Waals surface area contributed by atoms with Crippen LogP contribution in [-0.4, -0.2) is 16.3 Å². The summed E-state index contributed by atoms with van der Waals surface area (Å²) in [4.78, 5) is 23.5. The third-order valence-corrected chi connectivity index (χ3v) is 2.60. The molecule has 112 valence electrons. The Labute approximate surface area is 122 Å². The second kappa shape index (κ2) is 5.87. The molecule has 0 saturated heterocycles. The van der Waals surface area contributed by atoms with Crippen LogP contribution in [0.1, 0.15) is 26.3 Å². The average molecular weight is 290 g/mol. The summed E-state index contributed by atoms with van der Waals surface area (Å²) in [5.41, 5.74) is 0.617. The standard InChI is InChI=1S/C15H18N2O4/c1-15(2,3)21-14(19)16-9-11-4-6-17(13(18)8-11)12-5-7-20-10-12/h4-8,10H,9H2,1-3H3,(H,16,19). The van der Waals surface area contributed by atoms with Gasteiger partial charge in [-0.2, -0.15) is 0 Å². The molecule has 1 N–H and O–H groups in total. The average Bonchev–Trinajstić information content (AvgIpc) is 2.88. The van der Waals surface area contributed by atoms with Crippen molar-refractivity contribution >= 4 is 6.09 Å². The van der Waals surface area contributed by atoms with Crippen LogP contribution >= 0.6 is 0 Å². The van der Waals surface area contributed by atoms with Crippen molar-refractivity contribution < 1.29 is 13.9 Å². The van der Waals surface area contributed by atoms with E-state index in [2.05, 4.69) is 5.32 Å². The molecule has 6 heteroatoms. The minimum Gasteiger partial charge on any atom is -0.470 e. The monoisotopic (exact) mass is 290 g/mol. The van der Waals surface area contributed by atoms with Gasteiger partial charge >= 0.3 is 6.09 Å². The van der Waals surface area contributed by atoms with Crippen LogP contribution < -0.4 is 10.9 Å². The highest BCUT2D eigenvalue weighted by Gasteiger charge is 2.15. The fourth-order valence-electron chi connectivity index (χ4n) is 1.73. The zero-order valence-corrected chi connectivity index (χ0v) is 12.3. The molecular weight excluding hydrogens is 272 g/mol.